The second-order valence-electron chi connectivity index (χ2n) is 7.20. The molecule has 2 unspecified atom stereocenters. The van der Waals surface area contributed by atoms with Gasteiger partial charge in [0.1, 0.15) is 0 Å². The molecule has 3 heteroatoms. The third-order valence-corrected chi connectivity index (χ3v) is 4.72. The van der Waals surface area contributed by atoms with E-state index in [4.69, 9.17) is 4.74 Å². The SMILES string of the molecule is CCCCN(CC)CC1C(NCC)C(C)(C)OC1(C)C. The fourth-order valence-electron chi connectivity index (χ4n) is 3.67. The first-order chi connectivity index (χ1) is 9.28. The molecule has 0 aliphatic carbocycles. The normalized spacial score (nSPS) is 28.2. The van der Waals surface area contributed by atoms with Gasteiger partial charge in [-0.05, 0) is 53.8 Å². The monoisotopic (exact) mass is 284 g/mol. The quantitative estimate of drug-likeness (QED) is 0.740. The van der Waals surface area contributed by atoms with Crippen molar-refractivity contribution in [3.05, 3.63) is 0 Å². The lowest BCUT2D eigenvalue weighted by Crippen LogP contribution is -2.51. The molecule has 1 saturated heterocycles. The Kier molecular flexibility index (Phi) is 6.49. The van der Waals surface area contributed by atoms with Gasteiger partial charge in [0.2, 0.25) is 0 Å². The fourth-order valence-corrected chi connectivity index (χ4v) is 3.67. The molecule has 120 valence electrons. The highest BCUT2D eigenvalue weighted by molar-refractivity contribution is 5.06. The van der Waals surface area contributed by atoms with Gasteiger partial charge in [-0.15, -0.1) is 0 Å². The average molecular weight is 284 g/mol. The lowest BCUT2D eigenvalue weighted by molar-refractivity contribution is -0.0795. The van der Waals surface area contributed by atoms with E-state index in [1.165, 1.54) is 19.4 Å². The molecule has 0 amide bonds. The van der Waals surface area contributed by atoms with Gasteiger partial charge in [0, 0.05) is 18.5 Å². The molecule has 3 nitrogen and oxygen atoms in total. The minimum atomic E-state index is -0.0889. The highest BCUT2D eigenvalue weighted by Crippen LogP contribution is 2.42. The van der Waals surface area contributed by atoms with E-state index in [0.717, 1.165) is 19.6 Å². The van der Waals surface area contributed by atoms with Crippen molar-refractivity contribution in [1.82, 2.24) is 10.2 Å². The van der Waals surface area contributed by atoms with Crippen LogP contribution >= 0.6 is 0 Å². The average Bonchev–Trinajstić information content (AvgIpc) is 2.51. The Morgan fingerprint density at radius 2 is 1.70 bits per heavy atom. The van der Waals surface area contributed by atoms with Crippen molar-refractivity contribution in [2.24, 2.45) is 5.92 Å². The molecule has 0 bridgehead atoms. The molecule has 1 heterocycles. The van der Waals surface area contributed by atoms with Gasteiger partial charge in [0.25, 0.3) is 0 Å². The van der Waals surface area contributed by atoms with E-state index in [-0.39, 0.29) is 11.2 Å². The number of rotatable bonds is 8. The van der Waals surface area contributed by atoms with E-state index in [2.05, 4.69) is 58.7 Å². The fraction of sp³-hybridized carbons (Fsp3) is 1.00. The lowest BCUT2D eigenvalue weighted by Gasteiger charge is -2.34. The van der Waals surface area contributed by atoms with Crippen molar-refractivity contribution in [3.63, 3.8) is 0 Å². The second-order valence-corrected chi connectivity index (χ2v) is 7.20. The van der Waals surface area contributed by atoms with Gasteiger partial charge < -0.3 is 15.0 Å². The van der Waals surface area contributed by atoms with Gasteiger partial charge in [0.05, 0.1) is 11.2 Å². The van der Waals surface area contributed by atoms with Crippen molar-refractivity contribution < 1.29 is 4.74 Å². The van der Waals surface area contributed by atoms with E-state index >= 15 is 0 Å². The summed E-state index contributed by atoms with van der Waals surface area (Å²) in [6, 6.07) is 0.429. The molecule has 1 aliphatic rings. The maximum Gasteiger partial charge on any atom is 0.0790 e. The zero-order valence-electron chi connectivity index (χ0n) is 14.8. The Morgan fingerprint density at radius 1 is 1.05 bits per heavy atom. The van der Waals surface area contributed by atoms with Crippen molar-refractivity contribution in [2.75, 3.05) is 26.2 Å². The zero-order chi connectivity index (χ0) is 15.4. The third-order valence-electron chi connectivity index (χ3n) is 4.72. The number of nitrogens with one attached hydrogen (secondary N) is 1. The molecule has 1 N–H and O–H groups in total. The number of ether oxygens (including phenoxy) is 1. The van der Waals surface area contributed by atoms with Crippen molar-refractivity contribution in [3.8, 4) is 0 Å². The van der Waals surface area contributed by atoms with Crippen molar-refractivity contribution in [1.29, 1.82) is 0 Å². The molecule has 0 saturated carbocycles. The first kappa shape index (κ1) is 17.9. The topological polar surface area (TPSA) is 24.5 Å². The van der Waals surface area contributed by atoms with Gasteiger partial charge in [-0.1, -0.05) is 27.2 Å². The minimum Gasteiger partial charge on any atom is -0.368 e. The molecular formula is C17H36N2O. The summed E-state index contributed by atoms with van der Waals surface area (Å²) in [5, 5.41) is 3.67. The molecule has 1 fully saturated rings. The molecule has 0 spiro atoms. The summed E-state index contributed by atoms with van der Waals surface area (Å²) in [5.41, 5.74) is -0.148. The number of hydrogen-bond donors (Lipinski definition) is 1. The predicted molar refractivity (Wildman–Crippen MR) is 87.2 cm³/mol. The Labute approximate surface area is 126 Å². The highest BCUT2D eigenvalue weighted by atomic mass is 16.5. The summed E-state index contributed by atoms with van der Waals surface area (Å²) < 4.78 is 6.37. The van der Waals surface area contributed by atoms with Crippen molar-refractivity contribution >= 4 is 0 Å². The summed E-state index contributed by atoms with van der Waals surface area (Å²) in [7, 11) is 0. The smallest absolute Gasteiger partial charge is 0.0790 e. The summed E-state index contributed by atoms with van der Waals surface area (Å²) >= 11 is 0. The van der Waals surface area contributed by atoms with Crippen LogP contribution in [0.5, 0.6) is 0 Å². The summed E-state index contributed by atoms with van der Waals surface area (Å²) in [6.45, 7) is 20.2. The van der Waals surface area contributed by atoms with Gasteiger partial charge >= 0.3 is 0 Å². The van der Waals surface area contributed by atoms with E-state index in [9.17, 15) is 0 Å². The first-order valence-electron chi connectivity index (χ1n) is 8.44. The number of nitrogens with zero attached hydrogens (tertiary/aromatic N) is 1. The number of unbranched alkanes of at least 4 members (excludes halogenated alkanes) is 1. The van der Waals surface area contributed by atoms with E-state index in [1.807, 2.05) is 0 Å². The molecule has 0 aromatic heterocycles. The van der Waals surface area contributed by atoms with Crippen LogP contribution in [0.25, 0.3) is 0 Å². The largest absolute Gasteiger partial charge is 0.368 e. The van der Waals surface area contributed by atoms with E-state index in [1.54, 1.807) is 0 Å². The maximum atomic E-state index is 6.37. The molecule has 0 radical (unpaired) electrons. The standard InChI is InChI=1S/C17H36N2O/c1-8-11-12-19(10-3)13-14-15(18-9-2)17(6,7)20-16(14,4)5/h14-15,18H,8-13H2,1-7H3. The maximum absolute atomic E-state index is 6.37. The van der Waals surface area contributed by atoms with Gasteiger partial charge in [0.15, 0.2) is 0 Å². The summed E-state index contributed by atoms with van der Waals surface area (Å²) in [5.74, 6) is 0.536. The van der Waals surface area contributed by atoms with Crippen LogP contribution in [0.1, 0.15) is 61.3 Å². The van der Waals surface area contributed by atoms with Gasteiger partial charge in [-0.25, -0.2) is 0 Å². The van der Waals surface area contributed by atoms with Crippen LogP contribution in [0, 0.1) is 5.92 Å². The Hall–Kier alpha value is -0.120. The zero-order valence-corrected chi connectivity index (χ0v) is 14.8. The molecule has 2 atom stereocenters. The van der Waals surface area contributed by atoms with Crippen LogP contribution in [-0.4, -0.2) is 48.3 Å². The summed E-state index contributed by atoms with van der Waals surface area (Å²) in [4.78, 5) is 2.59. The van der Waals surface area contributed by atoms with Crippen molar-refractivity contribution in [2.45, 2.75) is 78.6 Å². The first-order valence-corrected chi connectivity index (χ1v) is 8.44. The third kappa shape index (κ3) is 4.19. The molecular weight excluding hydrogens is 248 g/mol. The Morgan fingerprint density at radius 3 is 2.20 bits per heavy atom. The van der Waals surface area contributed by atoms with Crippen LogP contribution in [0.3, 0.4) is 0 Å². The second kappa shape index (κ2) is 7.24. The Bertz CT molecular complexity index is 289. The summed E-state index contributed by atoms with van der Waals surface area (Å²) in [6.07, 6.45) is 2.56. The Balaban J connectivity index is 2.81. The number of hydrogen-bond acceptors (Lipinski definition) is 3. The molecule has 0 aromatic carbocycles. The van der Waals surface area contributed by atoms with Crippen LogP contribution in [0.15, 0.2) is 0 Å². The van der Waals surface area contributed by atoms with Crippen LogP contribution in [0.2, 0.25) is 0 Å². The molecule has 20 heavy (non-hydrogen) atoms. The molecule has 1 aliphatic heterocycles. The molecule has 1 rings (SSSR count). The van der Waals surface area contributed by atoms with Gasteiger partial charge in [-0.3, -0.25) is 0 Å². The number of likely N-dealkylation sites (N-methyl/N-ethyl adjacent to an activating group) is 1. The minimum absolute atomic E-state index is 0.0596. The van der Waals surface area contributed by atoms with E-state index in [0.29, 0.717) is 12.0 Å². The lowest BCUT2D eigenvalue weighted by atomic mass is 9.82. The molecule has 0 aromatic rings. The predicted octanol–water partition coefficient (Wildman–Crippen LogP) is 3.29. The highest BCUT2D eigenvalue weighted by Gasteiger charge is 2.53. The van der Waals surface area contributed by atoms with Crippen LogP contribution in [-0.2, 0) is 4.74 Å². The van der Waals surface area contributed by atoms with E-state index < -0.39 is 0 Å². The van der Waals surface area contributed by atoms with Crippen LogP contribution in [0.4, 0.5) is 0 Å². The van der Waals surface area contributed by atoms with Gasteiger partial charge in [-0.2, -0.15) is 0 Å². The van der Waals surface area contributed by atoms with Crippen LogP contribution < -0.4 is 5.32 Å².